The molecule has 0 amide bonds. The standard InChI is InChI=1S/C21H28O2/c1-4-5-7-10-19(3)17-21(22)23-16-15-18(2)13-14-20-11-8-6-9-12-20/h4-12,18H,1,13-17H2,2-3H3/b7-5-,19-10+. The molecule has 2 heteroatoms. The number of hydrogen-bond donors (Lipinski definition) is 0. The van der Waals surface area contributed by atoms with E-state index in [1.54, 1.807) is 6.08 Å². The average Bonchev–Trinajstić information content (AvgIpc) is 2.54. The summed E-state index contributed by atoms with van der Waals surface area (Å²) in [6, 6.07) is 10.5. The lowest BCUT2D eigenvalue weighted by Gasteiger charge is -2.12. The number of carbonyl (C=O) groups excluding carboxylic acids is 1. The lowest BCUT2D eigenvalue weighted by atomic mass is 9.99. The van der Waals surface area contributed by atoms with Crippen molar-refractivity contribution in [3.05, 3.63) is 72.4 Å². The van der Waals surface area contributed by atoms with Gasteiger partial charge in [0.25, 0.3) is 0 Å². The van der Waals surface area contributed by atoms with Crippen molar-refractivity contribution < 1.29 is 9.53 Å². The van der Waals surface area contributed by atoms with Crippen LogP contribution in [-0.2, 0) is 16.0 Å². The van der Waals surface area contributed by atoms with Crippen molar-refractivity contribution in [1.29, 1.82) is 0 Å². The van der Waals surface area contributed by atoms with Gasteiger partial charge in [-0.25, -0.2) is 0 Å². The molecule has 1 aromatic carbocycles. The highest BCUT2D eigenvalue weighted by atomic mass is 16.5. The highest BCUT2D eigenvalue weighted by Crippen LogP contribution is 2.13. The Morgan fingerprint density at radius 2 is 1.96 bits per heavy atom. The zero-order chi connectivity index (χ0) is 16.9. The van der Waals surface area contributed by atoms with E-state index in [1.165, 1.54) is 5.56 Å². The molecule has 0 aliphatic heterocycles. The van der Waals surface area contributed by atoms with E-state index in [1.807, 2.05) is 31.2 Å². The van der Waals surface area contributed by atoms with Crippen molar-refractivity contribution in [3.8, 4) is 0 Å². The summed E-state index contributed by atoms with van der Waals surface area (Å²) in [6.07, 6.45) is 10.8. The maximum atomic E-state index is 11.7. The van der Waals surface area contributed by atoms with Gasteiger partial charge in [-0.15, -0.1) is 0 Å². The lowest BCUT2D eigenvalue weighted by Crippen LogP contribution is -2.09. The Kier molecular flexibility index (Phi) is 9.46. The first-order chi connectivity index (χ1) is 11.1. The fourth-order valence-electron chi connectivity index (χ4n) is 2.21. The van der Waals surface area contributed by atoms with E-state index in [4.69, 9.17) is 4.74 Å². The Bertz CT molecular complexity index is 526. The molecule has 0 aliphatic rings. The number of hydrogen-bond acceptors (Lipinski definition) is 2. The van der Waals surface area contributed by atoms with Gasteiger partial charge < -0.3 is 4.74 Å². The molecule has 0 N–H and O–H groups in total. The maximum Gasteiger partial charge on any atom is 0.309 e. The van der Waals surface area contributed by atoms with E-state index in [-0.39, 0.29) is 5.97 Å². The molecule has 1 unspecified atom stereocenters. The molecule has 0 heterocycles. The van der Waals surface area contributed by atoms with Crippen LogP contribution in [0.4, 0.5) is 0 Å². The van der Waals surface area contributed by atoms with Gasteiger partial charge in [0.05, 0.1) is 13.0 Å². The molecule has 0 fully saturated rings. The predicted octanol–water partition coefficient (Wildman–Crippen LogP) is 5.27. The van der Waals surface area contributed by atoms with E-state index in [0.717, 1.165) is 24.8 Å². The zero-order valence-corrected chi connectivity index (χ0v) is 14.3. The van der Waals surface area contributed by atoms with Crippen LogP contribution in [0.5, 0.6) is 0 Å². The molecule has 0 saturated heterocycles. The SMILES string of the molecule is C=C/C=C\C=C(/C)CC(=O)OCCC(C)CCc1ccccc1. The van der Waals surface area contributed by atoms with Crippen LogP contribution in [0.3, 0.4) is 0 Å². The van der Waals surface area contributed by atoms with Gasteiger partial charge in [0, 0.05) is 0 Å². The van der Waals surface area contributed by atoms with Crippen molar-refractivity contribution in [3.63, 3.8) is 0 Å². The summed E-state index contributed by atoms with van der Waals surface area (Å²) in [5.41, 5.74) is 2.36. The fraction of sp³-hybridized carbons (Fsp3) is 0.381. The monoisotopic (exact) mass is 312 g/mol. The average molecular weight is 312 g/mol. The van der Waals surface area contributed by atoms with Crippen molar-refractivity contribution in [2.75, 3.05) is 6.61 Å². The molecule has 1 atom stereocenters. The quantitative estimate of drug-likeness (QED) is 0.435. The van der Waals surface area contributed by atoms with E-state index in [9.17, 15) is 4.79 Å². The summed E-state index contributed by atoms with van der Waals surface area (Å²) in [5, 5.41) is 0. The molecular weight excluding hydrogens is 284 g/mol. The highest BCUT2D eigenvalue weighted by Gasteiger charge is 2.07. The lowest BCUT2D eigenvalue weighted by molar-refractivity contribution is -0.143. The number of carbonyl (C=O) groups is 1. The Labute approximate surface area is 140 Å². The summed E-state index contributed by atoms with van der Waals surface area (Å²) in [4.78, 5) is 11.7. The Balaban J connectivity index is 2.17. The Morgan fingerprint density at radius 3 is 2.65 bits per heavy atom. The van der Waals surface area contributed by atoms with Crippen LogP contribution in [0.15, 0.2) is 66.8 Å². The first-order valence-electron chi connectivity index (χ1n) is 8.26. The van der Waals surface area contributed by atoms with Gasteiger partial charge in [-0.2, -0.15) is 0 Å². The fourth-order valence-corrected chi connectivity index (χ4v) is 2.21. The van der Waals surface area contributed by atoms with Gasteiger partial charge >= 0.3 is 5.97 Å². The molecule has 0 aliphatic carbocycles. The summed E-state index contributed by atoms with van der Waals surface area (Å²) < 4.78 is 5.32. The van der Waals surface area contributed by atoms with Crippen LogP contribution in [0.1, 0.15) is 38.7 Å². The summed E-state index contributed by atoms with van der Waals surface area (Å²) in [6.45, 7) is 8.24. The van der Waals surface area contributed by atoms with E-state index >= 15 is 0 Å². The molecular formula is C21H28O2. The topological polar surface area (TPSA) is 26.3 Å². The van der Waals surface area contributed by atoms with Crippen molar-refractivity contribution in [1.82, 2.24) is 0 Å². The smallest absolute Gasteiger partial charge is 0.309 e. The number of aryl methyl sites for hydroxylation is 1. The summed E-state index contributed by atoms with van der Waals surface area (Å²) >= 11 is 0. The van der Waals surface area contributed by atoms with E-state index in [2.05, 4.69) is 37.8 Å². The summed E-state index contributed by atoms with van der Waals surface area (Å²) in [7, 11) is 0. The number of benzene rings is 1. The van der Waals surface area contributed by atoms with Gasteiger partial charge in [0.2, 0.25) is 0 Å². The number of rotatable bonds is 10. The van der Waals surface area contributed by atoms with Crippen molar-refractivity contribution in [2.45, 2.75) is 39.5 Å². The van der Waals surface area contributed by atoms with Crippen LogP contribution in [0, 0.1) is 5.92 Å². The van der Waals surface area contributed by atoms with Gasteiger partial charge in [-0.1, -0.05) is 73.7 Å². The number of ether oxygens (including phenoxy) is 1. The van der Waals surface area contributed by atoms with E-state index < -0.39 is 0 Å². The minimum atomic E-state index is -0.152. The third kappa shape index (κ3) is 9.51. The molecule has 0 spiro atoms. The predicted molar refractivity (Wildman–Crippen MR) is 97.2 cm³/mol. The Morgan fingerprint density at radius 1 is 1.22 bits per heavy atom. The molecule has 0 aromatic heterocycles. The molecule has 2 nitrogen and oxygen atoms in total. The second-order valence-corrected chi connectivity index (χ2v) is 5.95. The van der Waals surface area contributed by atoms with Gasteiger partial charge in [-0.05, 0) is 37.7 Å². The molecule has 1 aromatic rings. The Hall–Kier alpha value is -2.09. The zero-order valence-electron chi connectivity index (χ0n) is 14.3. The highest BCUT2D eigenvalue weighted by molar-refractivity contribution is 5.72. The number of esters is 1. The minimum absolute atomic E-state index is 0.152. The van der Waals surface area contributed by atoms with Crippen LogP contribution in [0.25, 0.3) is 0 Å². The molecule has 23 heavy (non-hydrogen) atoms. The normalized spacial score (nSPS) is 13.0. The van der Waals surface area contributed by atoms with Crippen LogP contribution < -0.4 is 0 Å². The summed E-state index contributed by atoms with van der Waals surface area (Å²) in [5.74, 6) is 0.399. The van der Waals surface area contributed by atoms with Crippen LogP contribution in [-0.4, -0.2) is 12.6 Å². The van der Waals surface area contributed by atoms with E-state index in [0.29, 0.717) is 18.9 Å². The van der Waals surface area contributed by atoms with Gasteiger partial charge in [0.1, 0.15) is 0 Å². The van der Waals surface area contributed by atoms with Crippen LogP contribution >= 0.6 is 0 Å². The minimum Gasteiger partial charge on any atom is -0.465 e. The molecule has 0 saturated carbocycles. The van der Waals surface area contributed by atoms with Crippen molar-refractivity contribution in [2.24, 2.45) is 5.92 Å². The van der Waals surface area contributed by atoms with Gasteiger partial charge in [0.15, 0.2) is 0 Å². The number of allylic oxidation sites excluding steroid dienone is 4. The van der Waals surface area contributed by atoms with Crippen LogP contribution in [0.2, 0.25) is 0 Å². The van der Waals surface area contributed by atoms with Crippen molar-refractivity contribution >= 4 is 5.97 Å². The molecule has 0 radical (unpaired) electrons. The molecule has 1 rings (SSSR count). The maximum absolute atomic E-state index is 11.7. The third-order valence-corrected chi connectivity index (χ3v) is 3.69. The first-order valence-corrected chi connectivity index (χ1v) is 8.26. The second-order valence-electron chi connectivity index (χ2n) is 5.95. The largest absolute Gasteiger partial charge is 0.465 e. The van der Waals surface area contributed by atoms with Gasteiger partial charge in [-0.3, -0.25) is 4.79 Å². The first kappa shape index (κ1) is 19.0. The second kappa shape index (κ2) is 11.5. The third-order valence-electron chi connectivity index (χ3n) is 3.69. The molecule has 0 bridgehead atoms. The molecule has 124 valence electrons.